The number of aliphatic hydroxyl groups excluding tert-OH is 4. The first-order valence-corrected chi connectivity index (χ1v) is 22.1. The number of unbranched alkanes of at least 4 members (excludes halogenated alkanes) is 27. The summed E-state index contributed by atoms with van der Waals surface area (Å²) in [4.78, 5) is 12.7. The molecule has 4 N–H and O–H groups in total. The van der Waals surface area contributed by atoms with Crippen LogP contribution in [0.4, 0.5) is 0 Å². The van der Waals surface area contributed by atoms with Gasteiger partial charge < -0.3 is 39.4 Å². The molecule has 1 fully saturated rings. The molecule has 52 heavy (non-hydrogen) atoms. The van der Waals surface area contributed by atoms with Crippen LogP contribution in [0.15, 0.2) is 0 Å². The van der Waals surface area contributed by atoms with Gasteiger partial charge in [0.25, 0.3) is 0 Å². The molecule has 9 heteroatoms. The lowest BCUT2D eigenvalue weighted by molar-refractivity contribution is -0.305. The molecule has 1 aliphatic heterocycles. The summed E-state index contributed by atoms with van der Waals surface area (Å²) in [5.41, 5.74) is 0. The van der Waals surface area contributed by atoms with E-state index < -0.39 is 43.4 Å². The van der Waals surface area contributed by atoms with Gasteiger partial charge in [-0.05, 0) is 12.8 Å². The molecule has 0 spiro atoms. The normalized spacial score (nSPS) is 21.1. The molecule has 1 heterocycles. The third-order valence-electron chi connectivity index (χ3n) is 10.5. The van der Waals surface area contributed by atoms with E-state index in [0.29, 0.717) is 13.0 Å². The van der Waals surface area contributed by atoms with Gasteiger partial charge in [-0.3, -0.25) is 4.79 Å². The van der Waals surface area contributed by atoms with Crippen molar-refractivity contribution >= 4 is 5.97 Å². The Labute approximate surface area is 319 Å². The van der Waals surface area contributed by atoms with Crippen LogP contribution in [-0.2, 0) is 23.7 Å². The summed E-state index contributed by atoms with van der Waals surface area (Å²) in [6.07, 6.45) is 30.0. The van der Waals surface area contributed by atoms with Crippen molar-refractivity contribution in [1.82, 2.24) is 0 Å². The van der Waals surface area contributed by atoms with E-state index in [1.165, 1.54) is 154 Å². The van der Waals surface area contributed by atoms with Crippen LogP contribution in [0.3, 0.4) is 0 Å². The quantitative estimate of drug-likeness (QED) is 0.0360. The maximum atomic E-state index is 12.7. The minimum atomic E-state index is -1.53. The number of esters is 1. The maximum Gasteiger partial charge on any atom is 0.306 e. The van der Waals surface area contributed by atoms with Crippen molar-refractivity contribution < 1.29 is 44.2 Å². The maximum absolute atomic E-state index is 12.7. The zero-order valence-electron chi connectivity index (χ0n) is 33.8. The largest absolute Gasteiger partial charge is 0.457 e. The molecular formula is C43H84O9. The highest BCUT2D eigenvalue weighted by Gasteiger charge is 2.44. The Hall–Kier alpha value is -0.810. The molecule has 0 bridgehead atoms. The van der Waals surface area contributed by atoms with Crippen molar-refractivity contribution in [2.75, 3.05) is 26.4 Å². The van der Waals surface area contributed by atoms with Gasteiger partial charge in [-0.15, -0.1) is 0 Å². The van der Waals surface area contributed by atoms with E-state index >= 15 is 0 Å². The molecule has 0 aromatic rings. The molecule has 0 amide bonds. The average Bonchev–Trinajstić information content (AvgIpc) is 3.14. The Morgan fingerprint density at radius 3 is 1.37 bits per heavy atom. The number of carbonyl (C=O) groups excluding carboxylic acids is 1. The van der Waals surface area contributed by atoms with Crippen LogP contribution in [0, 0.1) is 0 Å². The predicted octanol–water partition coefficient (Wildman–Crippen LogP) is 9.47. The molecule has 0 aromatic carbocycles. The second-order valence-electron chi connectivity index (χ2n) is 15.5. The van der Waals surface area contributed by atoms with Gasteiger partial charge in [0, 0.05) is 13.0 Å². The van der Waals surface area contributed by atoms with Crippen molar-refractivity contribution in [1.29, 1.82) is 0 Å². The molecule has 310 valence electrons. The summed E-state index contributed by atoms with van der Waals surface area (Å²) < 4.78 is 22.7. The Bertz CT molecular complexity index is 767. The van der Waals surface area contributed by atoms with E-state index in [-0.39, 0.29) is 19.2 Å². The fraction of sp³-hybridized carbons (Fsp3) is 0.977. The van der Waals surface area contributed by atoms with Gasteiger partial charge in [0.1, 0.15) is 30.5 Å². The number of rotatable bonds is 38. The van der Waals surface area contributed by atoms with Gasteiger partial charge >= 0.3 is 5.97 Å². The lowest BCUT2D eigenvalue weighted by Gasteiger charge is -2.39. The van der Waals surface area contributed by atoms with Crippen LogP contribution < -0.4 is 0 Å². The Balaban J connectivity index is 2.17. The van der Waals surface area contributed by atoms with Crippen molar-refractivity contribution in [3.05, 3.63) is 0 Å². The molecule has 9 nitrogen and oxygen atoms in total. The molecule has 0 aromatic heterocycles. The van der Waals surface area contributed by atoms with Crippen LogP contribution in [0.1, 0.15) is 206 Å². The number of carbonyl (C=O) groups is 1. The Morgan fingerprint density at radius 1 is 0.538 bits per heavy atom. The topological polar surface area (TPSA) is 135 Å². The molecule has 1 rings (SSSR count). The van der Waals surface area contributed by atoms with Crippen molar-refractivity contribution in [2.45, 2.75) is 243 Å². The molecule has 1 saturated heterocycles. The van der Waals surface area contributed by atoms with E-state index in [1.54, 1.807) is 0 Å². The van der Waals surface area contributed by atoms with Gasteiger partial charge in [-0.2, -0.15) is 0 Å². The molecule has 6 atom stereocenters. The third kappa shape index (κ3) is 26.9. The Kier molecular flexibility index (Phi) is 33.9. The third-order valence-corrected chi connectivity index (χ3v) is 10.5. The number of ether oxygens (including phenoxy) is 4. The summed E-state index contributed by atoms with van der Waals surface area (Å²) in [6.45, 7) is 4.57. The second kappa shape index (κ2) is 35.9. The highest BCUT2D eigenvalue weighted by atomic mass is 16.7. The summed E-state index contributed by atoms with van der Waals surface area (Å²) in [7, 11) is 0. The molecule has 0 saturated carbocycles. The van der Waals surface area contributed by atoms with E-state index in [1.807, 2.05) is 0 Å². The van der Waals surface area contributed by atoms with Crippen molar-refractivity contribution in [2.24, 2.45) is 0 Å². The highest BCUT2D eigenvalue weighted by Crippen LogP contribution is 2.23. The molecule has 6 unspecified atom stereocenters. The van der Waals surface area contributed by atoms with Crippen molar-refractivity contribution in [3.63, 3.8) is 0 Å². The zero-order valence-corrected chi connectivity index (χ0v) is 33.8. The van der Waals surface area contributed by atoms with Crippen LogP contribution in [0.2, 0.25) is 0 Å². The number of hydrogen-bond acceptors (Lipinski definition) is 9. The highest BCUT2D eigenvalue weighted by molar-refractivity contribution is 5.69. The SMILES string of the molecule is CCCCCCCCCCCCCCCCCCCCCCCC(=O)OC(COCCCCCCCCCC)COC1OC(CO)C(O)C(O)C1O. The average molecular weight is 745 g/mol. The summed E-state index contributed by atoms with van der Waals surface area (Å²) in [5.74, 6) is -0.309. The lowest BCUT2D eigenvalue weighted by Crippen LogP contribution is -2.59. The predicted molar refractivity (Wildman–Crippen MR) is 210 cm³/mol. The first-order valence-electron chi connectivity index (χ1n) is 22.1. The van der Waals surface area contributed by atoms with Crippen LogP contribution in [0.25, 0.3) is 0 Å². The van der Waals surface area contributed by atoms with E-state index in [9.17, 15) is 25.2 Å². The van der Waals surface area contributed by atoms with Crippen LogP contribution in [-0.4, -0.2) is 89.6 Å². The van der Waals surface area contributed by atoms with Crippen LogP contribution in [0.5, 0.6) is 0 Å². The Morgan fingerprint density at radius 2 is 0.942 bits per heavy atom. The standard InChI is InChI=1S/C43H84O9/c1-3-5-7-9-11-13-14-15-16-17-18-19-20-21-22-23-24-25-26-28-30-32-39(45)51-37(35-49-33-31-29-27-12-10-8-6-4-2)36-50-43-42(48)41(47)40(46)38(34-44)52-43/h37-38,40-44,46-48H,3-36H2,1-2H3. The summed E-state index contributed by atoms with van der Waals surface area (Å²) in [6, 6.07) is 0. The first kappa shape index (κ1) is 49.2. The minimum Gasteiger partial charge on any atom is -0.457 e. The molecule has 0 radical (unpaired) electrons. The monoisotopic (exact) mass is 745 g/mol. The summed E-state index contributed by atoms with van der Waals surface area (Å²) in [5, 5.41) is 40.0. The van der Waals surface area contributed by atoms with Gasteiger partial charge in [0.15, 0.2) is 6.29 Å². The fourth-order valence-corrected chi connectivity index (χ4v) is 7.02. The first-order chi connectivity index (χ1) is 25.4. The summed E-state index contributed by atoms with van der Waals surface area (Å²) >= 11 is 0. The minimum absolute atomic E-state index is 0.106. The van der Waals surface area contributed by atoms with Crippen molar-refractivity contribution in [3.8, 4) is 0 Å². The van der Waals surface area contributed by atoms with E-state index in [0.717, 1.165) is 32.1 Å². The lowest BCUT2D eigenvalue weighted by atomic mass is 9.99. The van der Waals surface area contributed by atoms with Crippen LogP contribution >= 0.6 is 0 Å². The number of hydrogen-bond donors (Lipinski definition) is 4. The smallest absolute Gasteiger partial charge is 0.306 e. The van der Waals surface area contributed by atoms with Gasteiger partial charge in [0.05, 0.1) is 19.8 Å². The molecular weight excluding hydrogens is 660 g/mol. The van der Waals surface area contributed by atoms with E-state index in [4.69, 9.17) is 18.9 Å². The number of aliphatic hydroxyl groups is 4. The zero-order chi connectivity index (χ0) is 37.9. The molecule has 1 aliphatic rings. The van der Waals surface area contributed by atoms with Gasteiger partial charge in [-0.25, -0.2) is 0 Å². The molecule has 0 aliphatic carbocycles. The van der Waals surface area contributed by atoms with E-state index in [2.05, 4.69) is 13.8 Å². The fourth-order valence-electron chi connectivity index (χ4n) is 7.02. The second-order valence-corrected chi connectivity index (χ2v) is 15.5. The van der Waals surface area contributed by atoms with Gasteiger partial charge in [-0.1, -0.05) is 187 Å². The van der Waals surface area contributed by atoms with Gasteiger partial charge in [0.2, 0.25) is 0 Å².